The Balaban J connectivity index is 1.89. The molecule has 0 atom stereocenters. The molecule has 0 bridgehead atoms. The molecule has 2 aromatic carbocycles. The van der Waals surface area contributed by atoms with E-state index in [4.69, 9.17) is 4.74 Å². The molecule has 126 valence electrons. The van der Waals surface area contributed by atoms with E-state index in [1.165, 1.54) is 6.21 Å². The van der Waals surface area contributed by atoms with Crippen LogP contribution in [0, 0.1) is 13.8 Å². The molecule has 0 fully saturated rings. The second-order valence-electron chi connectivity index (χ2n) is 5.18. The molecule has 5 nitrogen and oxygen atoms in total. The number of amides is 1. The van der Waals surface area contributed by atoms with Crippen LogP contribution in [0.1, 0.15) is 16.7 Å². The van der Waals surface area contributed by atoms with Crippen molar-refractivity contribution in [1.29, 1.82) is 0 Å². The molecule has 0 aliphatic rings. The van der Waals surface area contributed by atoms with Gasteiger partial charge in [0.05, 0.1) is 15.2 Å². The van der Waals surface area contributed by atoms with Gasteiger partial charge in [-0.2, -0.15) is 5.10 Å². The maximum absolute atomic E-state index is 11.8. The quantitative estimate of drug-likeness (QED) is 0.527. The van der Waals surface area contributed by atoms with Crippen LogP contribution in [0.25, 0.3) is 0 Å². The van der Waals surface area contributed by atoms with E-state index < -0.39 is 0 Å². The first-order valence-corrected chi connectivity index (χ1v) is 8.65. The number of phenolic OH excluding ortho intramolecular Hbond substituents is 1. The number of carbonyl (C=O) groups excluding carboxylic acids is 1. The lowest BCUT2D eigenvalue weighted by atomic mass is 10.1. The highest BCUT2D eigenvalue weighted by molar-refractivity contribution is 9.11. The molecule has 0 spiro atoms. The zero-order valence-corrected chi connectivity index (χ0v) is 16.3. The van der Waals surface area contributed by atoms with Crippen LogP contribution in [0.15, 0.2) is 44.4 Å². The minimum atomic E-state index is -0.358. The van der Waals surface area contributed by atoms with E-state index in [2.05, 4.69) is 42.4 Å². The summed E-state index contributed by atoms with van der Waals surface area (Å²) in [7, 11) is 0. The smallest absolute Gasteiger partial charge is 0.277 e. The number of aromatic hydroxyl groups is 1. The summed E-state index contributed by atoms with van der Waals surface area (Å²) in [5.74, 6) is 0.423. The number of ether oxygens (including phenoxy) is 1. The van der Waals surface area contributed by atoms with E-state index in [-0.39, 0.29) is 18.3 Å². The fourth-order valence-electron chi connectivity index (χ4n) is 1.98. The molecule has 0 saturated heterocycles. The van der Waals surface area contributed by atoms with Crippen LogP contribution in [0.4, 0.5) is 0 Å². The number of hydrogen-bond donors (Lipinski definition) is 2. The molecule has 0 aliphatic heterocycles. The second-order valence-corrected chi connectivity index (χ2v) is 6.89. The van der Waals surface area contributed by atoms with Crippen molar-refractivity contribution in [2.24, 2.45) is 5.10 Å². The van der Waals surface area contributed by atoms with Crippen LogP contribution < -0.4 is 10.2 Å². The highest BCUT2D eigenvalue weighted by Crippen LogP contribution is 2.32. The zero-order chi connectivity index (χ0) is 17.7. The van der Waals surface area contributed by atoms with E-state index in [0.717, 1.165) is 11.1 Å². The van der Waals surface area contributed by atoms with Gasteiger partial charge in [-0.25, -0.2) is 5.43 Å². The van der Waals surface area contributed by atoms with Crippen molar-refractivity contribution in [3.63, 3.8) is 0 Å². The molecule has 0 saturated carbocycles. The number of halogens is 2. The minimum Gasteiger partial charge on any atom is -0.506 e. The Labute approximate surface area is 157 Å². The van der Waals surface area contributed by atoms with E-state index in [9.17, 15) is 9.90 Å². The van der Waals surface area contributed by atoms with Gasteiger partial charge < -0.3 is 9.84 Å². The number of nitrogens with zero attached hydrogens (tertiary/aromatic N) is 1. The van der Waals surface area contributed by atoms with E-state index in [0.29, 0.717) is 20.3 Å². The number of hydrazone groups is 1. The molecule has 2 N–H and O–H groups in total. The first kappa shape index (κ1) is 18.5. The summed E-state index contributed by atoms with van der Waals surface area (Å²) in [5, 5.41) is 13.5. The molecule has 0 aromatic heterocycles. The lowest BCUT2D eigenvalue weighted by Gasteiger charge is -2.08. The van der Waals surface area contributed by atoms with Gasteiger partial charge in [-0.1, -0.05) is 17.7 Å². The van der Waals surface area contributed by atoms with Gasteiger partial charge in [0.2, 0.25) is 0 Å². The largest absolute Gasteiger partial charge is 0.506 e. The molecule has 0 aliphatic carbocycles. The van der Waals surface area contributed by atoms with Crippen molar-refractivity contribution >= 4 is 44.0 Å². The van der Waals surface area contributed by atoms with Crippen LogP contribution in [0.3, 0.4) is 0 Å². The van der Waals surface area contributed by atoms with E-state index >= 15 is 0 Å². The summed E-state index contributed by atoms with van der Waals surface area (Å²) in [6.07, 6.45) is 1.48. The highest BCUT2D eigenvalue weighted by atomic mass is 79.9. The number of nitrogens with one attached hydrogen (secondary N) is 1. The summed E-state index contributed by atoms with van der Waals surface area (Å²) in [6.45, 7) is 3.81. The molecule has 2 aromatic rings. The molecular formula is C17H16Br2N2O3. The number of rotatable bonds is 5. The van der Waals surface area contributed by atoms with Crippen molar-refractivity contribution in [1.82, 2.24) is 5.43 Å². The average Bonchev–Trinajstić information content (AvgIpc) is 2.51. The maximum Gasteiger partial charge on any atom is 0.277 e. The first-order valence-electron chi connectivity index (χ1n) is 7.07. The van der Waals surface area contributed by atoms with E-state index in [1.54, 1.807) is 12.1 Å². The Morgan fingerprint density at radius 3 is 2.54 bits per heavy atom. The second kappa shape index (κ2) is 8.30. The Morgan fingerprint density at radius 1 is 1.25 bits per heavy atom. The van der Waals surface area contributed by atoms with Gasteiger partial charge in [0.15, 0.2) is 6.61 Å². The summed E-state index contributed by atoms with van der Waals surface area (Å²) in [6, 6.07) is 9.13. The van der Waals surface area contributed by atoms with Gasteiger partial charge in [-0.05, 0) is 75.0 Å². The van der Waals surface area contributed by atoms with Crippen molar-refractivity contribution < 1.29 is 14.6 Å². The average molecular weight is 456 g/mol. The van der Waals surface area contributed by atoms with Gasteiger partial charge in [0.1, 0.15) is 11.5 Å². The summed E-state index contributed by atoms with van der Waals surface area (Å²) in [4.78, 5) is 11.8. The lowest BCUT2D eigenvalue weighted by molar-refractivity contribution is -0.123. The standard InChI is InChI=1S/C17H16Br2N2O3/c1-10-3-4-15(11(2)5-10)24-9-16(22)21-20-8-12-6-13(18)17(23)14(19)7-12/h3-8,23H,9H2,1-2H3,(H,21,22)/b20-8+. The highest BCUT2D eigenvalue weighted by Gasteiger charge is 2.06. The van der Waals surface area contributed by atoms with Gasteiger partial charge in [-0.3, -0.25) is 4.79 Å². The SMILES string of the molecule is Cc1ccc(OCC(=O)N/N=C/c2cc(Br)c(O)c(Br)c2)c(C)c1. The predicted molar refractivity (Wildman–Crippen MR) is 101 cm³/mol. The Morgan fingerprint density at radius 2 is 1.92 bits per heavy atom. The van der Waals surface area contributed by atoms with Gasteiger partial charge >= 0.3 is 0 Å². The van der Waals surface area contributed by atoms with Gasteiger partial charge in [0.25, 0.3) is 5.91 Å². The number of benzene rings is 2. The first-order chi connectivity index (χ1) is 11.4. The van der Waals surface area contributed by atoms with Gasteiger partial charge in [-0.15, -0.1) is 0 Å². The van der Waals surface area contributed by atoms with Crippen molar-refractivity contribution in [2.45, 2.75) is 13.8 Å². The van der Waals surface area contributed by atoms with Crippen molar-refractivity contribution in [3.8, 4) is 11.5 Å². The summed E-state index contributed by atoms with van der Waals surface area (Å²) < 4.78 is 6.54. The third-order valence-electron chi connectivity index (χ3n) is 3.13. The number of aryl methyl sites for hydroxylation is 2. The molecule has 2 rings (SSSR count). The lowest BCUT2D eigenvalue weighted by Crippen LogP contribution is -2.24. The number of hydrogen-bond acceptors (Lipinski definition) is 4. The monoisotopic (exact) mass is 454 g/mol. The van der Waals surface area contributed by atoms with Crippen molar-refractivity contribution in [2.75, 3.05) is 6.61 Å². The minimum absolute atomic E-state index is 0.109. The Hall–Kier alpha value is -1.86. The molecule has 24 heavy (non-hydrogen) atoms. The zero-order valence-electron chi connectivity index (χ0n) is 13.1. The number of carbonyl (C=O) groups is 1. The van der Waals surface area contributed by atoms with Crippen LogP contribution >= 0.6 is 31.9 Å². The third kappa shape index (κ3) is 5.07. The molecular weight excluding hydrogens is 440 g/mol. The molecule has 0 heterocycles. The molecule has 0 radical (unpaired) electrons. The summed E-state index contributed by atoms with van der Waals surface area (Å²) in [5.41, 5.74) is 5.22. The Kier molecular flexibility index (Phi) is 6.39. The fraction of sp³-hybridized carbons (Fsp3) is 0.176. The summed E-state index contributed by atoms with van der Waals surface area (Å²) >= 11 is 6.46. The third-order valence-corrected chi connectivity index (χ3v) is 4.34. The number of phenols is 1. The normalized spacial score (nSPS) is 10.8. The molecule has 7 heteroatoms. The predicted octanol–water partition coefficient (Wildman–Crippen LogP) is 4.06. The topological polar surface area (TPSA) is 70.9 Å². The van der Waals surface area contributed by atoms with Gasteiger partial charge in [0, 0.05) is 0 Å². The maximum atomic E-state index is 11.8. The van der Waals surface area contributed by atoms with Crippen LogP contribution in [0.5, 0.6) is 11.5 Å². The Bertz CT molecular complexity index is 768. The van der Waals surface area contributed by atoms with Crippen LogP contribution in [-0.2, 0) is 4.79 Å². The van der Waals surface area contributed by atoms with Crippen LogP contribution in [-0.4, -0.2) is 23.8 Å². The molecule has 0 unspecified atom stereocenters. The molecule has 1 amide bonds. The van der Waals surface area contributed by atoms with E-state index in [1.807, 2.05) is 32.0 Å². The van der Waals surface area contributed by atoms with Crippen LogP contribution in [0.2, 0.25) is 0 Å². The fourth-order valence-corrected chi connectivity index (χ4v) is 3.20. The van der Waals surface area contributed by atoms with Crippen molar-refractivity contribution in [3.05, 3.63) is 56.0 Å².